The maximum atomic E-state index is 12.8. The van der Waals surface area contributed by atoms with E-state index < -0.39 is 17.8 Å². The number of rotatable bonds is 3. The molecule has 1 fully saturated rings. The van der Waals surface area contributed by atoms with Crippen molar-refractivity contribution in [1.29, 1.82) is 5.41 Å². The first-order valence-corrected chi connectivity index (χ1v) is 7.31. The number of allylic oxidation sites excluding steroid dienone is 1. The van der Waals surface area contributed by atoms with Crippen molar-refractivity contribution in [3.05, 3.63) is 46.7 Å². The maximum Gasteiger partial charge on any atom is 0.431 e. The predicted octanol–water partition coefficient (Wildman–Crippen LogP) is 2.82. The first-order valence-electron chi connectivity index (χ1n) is 7.31. The molecule has 0 saturated carbocycles. The zero-order valence-electron chi connectivity index (χ0n) is 13.1. The molecule has 1 aromatic carbocycles. The van der Waals surface area contributed by atoms with Gasteiger partial charge in [-0.25, -0.2) is 4.79 Å². The van der Waals surface area contributed by atoms with Gasteiger partial charge in [-0.05, 0) is 30.5 Å². The second-order valence-corrected chi connectivity index (χ2v) is 5.45. The fourth-order valence-corrected chi connectivity index (χ4v) is 2.54. The van der Waals surface area contributed by atoms with Crippen LogP contribution in [0.3, 0.4) is 0 Å². The molecule has 5 nitrogen and oxygen atoms in total. The second-order valence-electron chi connectivity index (χ2n) is 5.45. The summed E-state index contributed by atoms with van der Waals surface area (Å²) >= 11 is 0. The molecule has 0 aliphatic carbocycles. The standard InChI is InChI=1S/C16H18F3N3O2/c1-24-15(23)11-6-4-10(5-7-11)9-22-8-2-3-12(14(22)21)13(20)16(17,18)19/h4-7,21H,2-3,8-9,20H2,1H3/b13-12-,21-14?. The molecular formula is C16H18F3N3O2. The number of piperidine rings is 1. The number of amidine groups is 1. The summed E-state index contributed by atoms with van der Waals surface area (Å²) in [6.45, 7) is 0.751. The maximum absolute atomic E-state index is 12.8. The number of nitrogens with two attached hydrogens (primary N) is 1. The van der Waals surface area contributed by atoms with Crippen LogP contribution in [0.1, 0.15) is 28.8 Å². The highest BCUT2D eigenvalue weighted by Crippen LogP contribution is 2.29. The second kappa shape index (κ2) is 6.94. The van der Waals surface area contributed by atoms with Gasteiger partial charge in [0.2, 0.25) is 0 Å². The molecule has 0 aromatic heterocycles. The predicted molar refractivity (Wildman–Crippen MR) is 82.4 cm³/mol. The number of nitrogens with zero attached hydrogens (tertiary/aromatic N) is 1. The van der Waals surface area contributed by atoms with E-state index in [4.69, 9.17) is 11.1 Å². The molecule has 0 atom stereocenters. The summed E-state index contributed by atoms with van der Waals surface area (Å²) in [5.74, 6) is -0.663. The number of nitrogens with one attached hydrogen (secondary N) is 1. The largest absolute Gasteiger partial charge is 0.465 e. The van der Waals surface area contributed by atoms with Gasteiger partial charge in [-0.3, -0.25) is 5.41 Å². The lowest BCUT2D eigenvalue weighted by atomic mass is 10.00. The molecular weight excluding hydrogens is 323 g/mol. The van der Waals surface area contributed by atoms with Gasteiger partial charge in [-0.2, -0.15) is 13.2 Å². The smallest absolute Gasteiger partial charge is 0.431 e. The summed E-state index contributed by atoms with van der Waals surface area (Å²) in [5, 5.41) is 8.02. The molecule has 1 heterocycles. The fourth-order valence-electron chi connectivity index (χ4n) is 2.54. The van der Waals surface area contributed by atoms with Gasteiger partial charge in [-0.15, -0.1) is 0 Å². The first kappa shape index (κ1) is 17.8. The Morgan fingerprint density at radius 1 is 1.33 bits per heavy atom. The van der Waals surface area contributed by atoms with Crippen LogP contribution in [-0.2, 0) is 11.3 Å². The molecule has 0 bridgehead atoms. The van der Waals surface area contributed by atoms with Crippen LogP contribution in [0.2, 0.25) is 0 Å². The van der Waals surface area contributed by atoms with Gasteiger partial charge in [0.25, 0.3) is 0 Å². The van der Waals surface area contributed by atoms with Crippen LogP contribution in [0.25, 0.3) is 0 Å². The number of hydrogen-bond acceptors (Lipinski definition) is 4. The number of hydrogen-bond donors (Lipinski definition) is 2. The van der Waals surface area contributed by atoms with Gasteiger partial charge in [0.1, 0.15) is 11.5 Å². The van der Waals surface area contributed by atoms with Crippen molar-refractivity contribution in [1.82, 2.24) is 4.90 Å². The molecule has 24 heavy (non-hydrogen) atoms. The van der Waals surface area contributed by atoms with E-state index in [0.29, 0.717) is 18.5 Å². The van der Waals surface area contributed by atoms with Gasteiger partial charge >= 0.3 is 12.1 Å². The Hall–Kier alpha value is -2.51. The number of benzene rings is 1. The van der Waals surface area contributed by atoms with Crippen molar-refractivity contribution in [2.75, 3.05) is 13.7 Å². The quantitative estimate of drug-likeness (QED) is 0.829. The summed E-state index contributed by atoms with van der Waals surface area (Å²) in [6, 6.07) is 6.53. The molecule has 0 unspecified atom stereocenters. The van der Waals surface area contributed by atoms with Crippen LogP contribution in [0.15, 0.2) is 35.5 Å². The highest BCUT2D eigenvalue weighted by atomic mass is 19.4. The number of alkyl halides is 3. The van der Waals surface area contributed by atoms with E-state index in [0.717, 1.165) is 5.56 Å². The molecule has 1 aromatic rings. The van der Waals surface area contributed by atoms with Crippen LogP contribution >= 0.6 is 0 Å². The molecule has 2 rings (SSSR count). The molecule has 0 spiro atoms. The van der Waals surface area contributed by atoms with Crippen molar-refractivity contribution in [2.45, 2.75) is 25.6 Å². The highest BCUT2D eigenvalue weighted by molar-refractivity contribution is 5.97. The Balaban J connectivity index is 2.15. The minimum atomic E-state index is -4.63. The third-order valence-electron chi connectivity index (χ3n) is 3.84. The molecule has 1 aliphatic heterocycles. The summed E-state index contributed by atoms with van der Waals surface area (Å²) in [7, 11) is 1.28. The Morgan fingerprint density at radius 3 is 2.50 bits per heavy atom. The van der Waals surface area contributed by atoms with Crippen LogP contribution in [-0.4, -0.2) is 36.5 Å². The van der Waals surface area contributed by atoms with E-state index in [2.05, 4.69) is 4.74 Å². The molecule has 3 N–H and O–H groups in total. The van der Waals surface area contributed by atoms with E-state index in [1.807, 2.05) is 0 Å². The van der Waals surface area contributed by atoms with Crippen molar-refractivity contribution in [3.8, 4) is 0 Å². The molecule has 1 aliphatic rings. The van der Waals surface area contributed by atoms with Crippen LogP contribution in [0, 0.1) is 5.41 Å². The Bertz CT molecular complexity index is 666. The van der Waals surface area contributed by atoms with Gasteiger partial charge in [0.05, 0.1) is 12.7 Å². The zero-order valence-corrected chi connectivity index (χ0v) is 13.1. The highest BCUT2D eigenvalue weighted by Gasteiger charge is 2.37. The first-order chi connectivity index (χ1) is 11.2. The third-order valence-corrected chi connectivity index (χ3v) is 3.84. The number of likely N-dealkylation sites (tertiary alicyclic amines) is 1. The zero-order chi connectivity index (χ0) is 17.9. The van der Waals surface area contributed by atoms with E-state index in [9.17, 15) is 18.0 Å². The third kappa shape index (κ3) is 3.87. The topological polar surface area (TPSA) is 79.4 Å². The fraction of sp³-hybridized carbons (Fsp3) is 0.375. The molecule has 0 radical (unpaired) electrons. The summed E-state index contributed by atoms with van der Waals surface area (Å²) in [5.41, 5.74) is 4.98. The Morgan fingerprint density at radius 2 is 1.96 bits per heavy atom. The number of carbonyl (C=O) groups excluding carboxylic acids is 1. The average molecular weight is 341 g/mol. The average Bonchev–Trinajstić information content (AvgIpc) is 2.55. The van der Waals surface area contributed by atoms with Gasteiger partial charge in [0, 0.05) is 18.7 Å². The van der Waals surface area contributed by atoms with E-state index in [1.165, 1.54) is 7.11 Å². The molecule has 8 heteroatoms. The summed E-state index contributed by atoms with van der Waals surface area (Å²) < 4.78 is 42.9. The molecule has 0 amide bonds. The van der Waals surface area contributed by atoms with Crippen LogP contribution < -0.4 is 5.73 Å². The lowest BCUT2D eigenvalue weighted by Crippen LogP contribution is -2.39. The number of esters is 1. The number of methoxy groups -OCH3 is 1. The van der Waals surface area contributed by atoms with Crippen molar-refractivity contribution >= 4 is 11.8 Å². The number of ether oxygens (including phenoxy) is 1. The molecule has 1 saturated heterocycles. The number of carbonyl (C=O) groups is 1. The lowest BCUT2D eigenvalue weighted by Gasteiger charge is -2.32. The van der Waals surface area contributed by atoms with Gasteiger partial charge in [-0.1, -0.05) is 12.1 Å². The number of halogens is 3. The Labute approximate surface area is 137 Å². The van der Waals surface area contributed by atoms with E-state index in [1.54, 1.807) is 29.2 Å². The minimum Gasteiger partial charge on any atom is -0.465 e. The van der Waals surface area contributed by atoms with Crippen LogP contribution in [0.5, 0.6) is 0 Å². The Kier molecular flexibility index (Phi) is 5.16. The molecule has 130 valence electrons. The SMILES string of the molecule is COC(=O)c1ccc(CN2CCC/C(=C(/N)C(F)(F)F)C2=N)cc1. The normalized spacial score (nSPS) is 17.7. The lowest BCUT2D eigenvalue weighted by molar-refractivity contribution is -0.0934. The van der Waals surface area contributed by atoms with Crippen molar-refractivity contribution in [2.24, 2.45) is 5.73 Å². The van der Waals surface area contributed by atoms with E-state index >= 15 is 0 Å². The van der Waals surface area contributed by atoms with Crippen LogP contribution in [0.4, 0.5) is 13.2 Å². The minimum absolute atomic E-state index is 0.141. The van der Waals surface area contributed by atoms with Crippen molar-refractivity contribution < 1.29 is 22.7 Å². The van der Waals surface area contributed by atoms with E-state index in [-0.39, 0.29) is 24.4 Å². The summed E-state index contributed by atoms with van der Waals surface area (Å²) in [6.07, 6.45) is -4.00. The van der Waals surface area contributed by atoms with Gasteiger partial charge in [0.15, 0.2) is 0 Å². The van der Waals surface area contributed by atoms with Crippen molar-refractivity contribution in [3.63, 3.8) is 0 Å². The van der Waals surface area contributed by atoms with Gasteiger partial charge < -0.3 is 15.4 Å². The summed E-state index contributed by atoms with van der Waals surface area (Å²) in [4.78, 5) is 12.9. The monoisotopic (exact) mass is 341 g/mol.